The fourth-order valence-corrected chi connectivity index (χ4v) is 2.55. The van der Waals surface area contributed by atoms with E-state index in [1.54, 1.807) is 6.92 Å². The molecule has 1 aromatic rings. The second-order valence-electron chi connectivity index (χ2n) is 6.03. The van der Waals surface area contributed by atoms with Crippen molar-refractivity contribution in [2.45, 2.75) is 65.2 Å². The van der Waals surface area contributed by atoms with Crippen molar-refractivity contribution in [2.75, 3.05) is 0 Å². The van der Waals surface area contributed by atoms with E-state index < -0.39 is 30.1 Å². The van der Waals surface area contributed by atoms with E-state index in [0.717, 1.165) is 4.68 Å². The molecule has 0 bridgehead atoms. The fraction of sp³-hybridized carbons (Fsp3) is 0.667. The number of alkyl halides is 3. The zero-order valence-electron chi connectivity index (χ0n) is 14.1. The summed E-state index contributed by atoms with van der Waals surface area (Å²) < 4.78 is 38.4. The van der Waals surface area contributed by atoms with Crippen LogP contribution in [0.15, 0.2) is 0 Å². The standard InChI is InChI=1S/C15H22F3N3O3/c1-5-6-14(4,13(23)24)19-12(22)7-11-9(2)20-21(10(11)3)8-15(16,17)18/h5-8H2,1-4H3,(H,19,22)(H,23,24). The second-order valence-corrected chi connectivity index (χ2v) is 6.03. The Labute approximate surface area is 138 Å². The van der Waals surface area contributed by atoms with Gasteiger partial charge in [0.05, 0.1) is 12.1 Å². The van der Waals surface area contributed by atoms with Crippen LogP contribution in [-0.4, -0.2) is 38.5 Å². The van der Waals surface area contributed by atoms with Gasteiger partial charge >= 0.3 is 12.1 Å². The van der Waals surface area contributed by atoms with Gasteiger partial charge in [0.15, 0.2) is 0 Å². The van der Waals surface area contributed by atoms with Gasteiger partial charge in [-0.1, -0.05) is 13.3 Å². The molecule has 1 aromatic heterocycles. The number of carboxylic acid groups (broad SMARTS) is 1. The van der Waals surface area contributed by atoms with Crippen LogP contribution in [0.25, 0.3) is 0 Å². The molecule has 0 aliphatic carbocycles. The highest BCUT2D eigenvalue weighted by atomic mass is 19.4. The van der Waals surface area contributed by atoms with Gasteiger partial charge < -0.3 is 10.4 Å². The summed E-state index contributed by atoms with van der Waals surface area (Å²) in [5, 5.41) is 15.5. The highest BCUT2D eigenvalue weighted by molar-refractivity contribution is 5.87. The Bertz CT molecular complexity index is 625. The molecule has 0 fully saturated rings. The van der Waals surface area contributed by atoms with E-state index in [0.29, 0.717) is 17.7 Å². The van der Waals surface area contributed by atoms with Gasteiger partial charge in [0.25, 0.3) is 0 Å². The summed E-state index contributed by atoms with van der Waals surface area (Å²) in [6, 6.07) is 0. The molecular weight excluding hydrogens is 327 g/mol. The van der Waals surface area contributed by atoms with Crippen LogP contribution in [0.2, 0.25) is 0 Å². The van der Waals surface area contributed by atoms with Crippen molar-refractivity contribution in [3.8, 4) is 0 Å². The van der Waals surface area contributed by atoms with Crippen LogP contribution < -0.4 is 5.32 Å². The van der Waals surface area contributed by atoms with Crippen LogP contribution in [0, 0.1) is 13.8 Å². The summed E-state index contributed by atoms with van der Waals surface area (Å²) in [6.45, 7) is 4.94. The molecule has 1 atom stereocenters. The van der Waals surface area contributed by atoms with Gasteiger partial charge in [-0.15, -0.1) is 0 Å². The number of halogens is 3. The van der Waals surface area contributed by atoms with E-state index in [2.05, 4.69) is 10.4 Å². The van der Waals surface area contributed by atoms with Gasteiger partial charge in [0, 0.05) is 11.3 Å². The number of carboxylic acids is 1. The fourth-order valence-electron chi connectivity index (χ4n) is 2.55. The Kier molecular flexibility index (Phi) is 6.02. The molecule has 2 N–H and O–H groups in total. The van der Waals surface area contributed by atoms with Crippen LogP contribution in [0.3, 0.4) is 0 Å². The van der Waals surface area contributed by atoms with Crippen molar-refractivity contribution in [1.82, 2.24) is 15.1 Å². The monoisotopic (exact) mass is 349 g/mol. The second kappa shape index (κ2) is 7.23. The summed E-state index contributed by atoms with van der Waals surface area (Å²) in [6.07, 6.45) is -3.82. The minimum Gasteiger partial charge on any atom is -0.480 e. The van der Waals surface area contributed by atoms with Gasteiger partial charge in [-0.3, -0.25) is 9.48 Å². The maximum atomic E-state index is 12.5. The van der Waals surface area contributed by atoms with E-state index in [9.17, 15) is 27.9 Å². The van der Waals surface area contributed by atoms with Crippen LogP contribution in [0.1, 0.15) is 43.6 Å². The summed E-state index contributed by atoms with van der Waals surface area (Å²) in [4.78, 5) is 23.5. The Morgan fingerprint density at radius 3 is 2.33 bits per heavy atom. The van der Waals surface area contributed by atoms with E-state index >= 15 is 0 Å². The summed E-state index contributed by atoms with van der Waals surface area (Å²) >= 11 is 0. The molecule has 0 saturated heterocycles. The van der Waals surface area contributed by atoms with E-state index in [1.165, 1.54) is 20.8 Å². The van der Waals surface area contributed by atoms with E-state index in [4.69, 9.17) is 0 Å². The maximum absolute atomic E-state index is 12.5. The molecule has 1 heterocycles. The number of hydrogen-bond acceptors (Lipinski definition) is 3. The van der Waals surface area contributed by atoms with Crippen molar-refractivity contribution >= 4 is 11.9 Å². The SMILES string of the molecule is CCCC(C)(NC(=O)Cc1c(C)nn(CC(F)(F)F)c1C)C(=O)O. The lowest BCUT2D eigenvalue weighted by Crippen LogP contribution is -2.52. The molecule has 1 amide bonds. The first-order valence-electron chi connectivity index (χ1n) is 7.53. The number of aliphatic carboxylic acids is 1. The number of aryl methyl sites for hydroxylation is 1. The Balaban J connectivity index is 2.93. The number of carbonyl (C=O) groups excluding carboxylic acids is 1. The van der Waals surface area contributed by atoms with Crippen LogP contribution in [0.5, 0.6) is 0 Å². The van der Waals surface area contributed by atoms with E-state index in [1.807, 2.05) is 0 Å². The first-order chi connectivity index (χ1) is 10.9. The van der Waals surface area contributed by atoms with Crippen molar-refractivity contribution in [1.29, 1.82) is 0 Å². The minimum atomic E-state index is -4.41. The highest BCUT2D eigenvalue weighted by Gasteiger charge is 2.34. The molecule has 0 aliphatic heterocycles. The minimum absolute atomic E-state index is 0.220. The Morgan fingerprint density at radius 2 is 1.88 bits per heavy atom. The van der Waals surface area contributed by atoms with Crippen molar-refractivity contribution in [3.63, 3.8) is 0 Å². The molecule has 0 spiro atoms. The van der Waals surface area contributed by atoms with Gasteiger partial charge in [-0.2, -0.15) is 18.3 Å². The normalized spacial score (nSPS) is 14.3. The van der Waals surface area contributed by atoms with Crippen molar-refractivity contribution in [2.24, 2.45) is 0 Å². The molecule has 24 heavy (non-hydrogen) atoms. The molecule has 1 unspecified atom stereocenters. The van der Waals surface area contributed by atoms with Gasteiger partial charge in [0.2, 0.25) is 5.91 Å². The third-order valence-electron chi connectivity index (χ3n) is 3.84. The van der Waals surface area contributed by atoms with Gasteiger partial charge in [0.1, 0.15) is 12.1 Å². The van der Waals surface area contributed by atoms with Crippen LogP contribution in [0.4, 0.5) is 13.2 Å². The molecule has 6 nitrogen and oxygen atoms in total. The lowest BCUT2D eigenvalue weighted by molar-refractivity contribution is -0.147. The molecule has 9 heteroatoms. The molecule has 1 rings (SSSR count). The van der Waals surface area contributed by atoms with Crippen molar-refractivity contribution < 1.29 is 27.9 Å². The molecule has 136 valence electrons. The molecular formula is C15H22F3N3O3. The molecule has 0 saturated carbocycles. The van der Waals surface area contributed by atoms with Crippen molar-refractivity contribution in [3.05, 3.63) is 17.0 Å². The number of hydrogen-bond donors (Lipinski definition) is 2. The highest BCUT2D eigenvalue weighted by Crippen LogP contribution is 2.22. The van der Waals surface area contributed by atoms with Gasteiger partial charge in [-0.05, 0) is 27.2 Å². The predicted molar refractivity (Wildman–Crippen MR) is 80.6 cm³/mol. The van der Waals surface area contributed by atoms with Crippen LogP contribution in [-0.2, 0) is 22.6 Å². The Hall–Kier alpha value is -2.06. The first kappa shape index (κ1) is 20.0. The molecule has 0 aromatic carbocycles. The number of aromatic nitrogens is 2. The number of carbonyl (C=O) groups is 2. The molecule has 0 radical (unpaired) electrons. The number of nitrogens with one attached hydrogen (secondary N) is 1. The van der Waals surface area contributed by atoms with Gasteiger partial charge in [-0.25, -0.2) is 4.79 Å². The average Bonchev–Trinajstić information content (AvgIpc) is 2.64. The maximum Gasteiger partial charge on any atom is 0.408 e. The summed E-state index contributed by atoms with van der Waals surface area (Å²) in [5.41, 5.74) is -0.469. The zero-order chi connectivity index (χ0) is 18.7. The smallest absolute Gasteiger partial charge is 0.408 e. The van der Waals surface area contributed by atoms with Crippen LogP contribution >= 0.6 is 0 Å². The number of nitrogens with zero attached hydrogens (tertiary/aromatic N) is 2. The lowest BCUT2D eigenvalue weighted by Gasteiger charge is -2.25. The quantitative estimate of drug-likeness (QED) is 0.791. The summed E-state index contributed by atoms with van der Waals surface area (Å²) in [7, 11) is 0. The predicted octanol–water partition coefficient (Wildman–Crippen LogP) is 2.36. The number of amides is 1. The Morgan fingerprint density at radius 1 is 1.29 bits per heavy atom. The largest absolute Gasteiger partial charge is 0.480 e. The summed E-state index contributed by atoms with van der Waals surface area (Å²) in [5.74, 6) is -1.72. The third kappa shape index (κ3) is 4.97. The zero-order valence-corrected chi connectivity index (χ0v) is 14.1. The first-order valence-corrected chi connectivity index (χ1v) is 7.53. The lowest BCUT2D eigenvalue weighted by atomic mass is 9.95. The topological polar surface area (TPSA) is 84.2 Å². The average molecular weight is 349 g/mol. The molecule has 0 aliphatic rings. The number of rotatable bonds is 7. The third-order valence-corrected chi connectivity index (χ3v) is 3.84. The van der Waals surface area contributed by atoms with E-state index in [-0.39, 0.29) is 18.5 Å².